The number of aliphatic hydroxyl groups is 1. The van der Waals surface area contributed by atoms with E-state index in [4.69, 9.17) is 4.74 Å². The van der Waals surface area contributed by atoms with E-state index in [1.807, 2.05) is 6.92 Å². The molecule has 14 heavy (non-hydrogen) atoms. The van der Waals surface area contributed by atoms with Crippen LogP contribution in [0.4, 0.5) is 0 Å². The van der Waals surface area contributed by atoms with Gasteiger partial charge in [0.05, 0.1) is 12.7 Å². The lowest BCUT2D eigenvalue weighted by Gasteiger charge is -2.36. The Morgan fingerprint density at radius 1 is 1.29 bits per heavy atom. The van der Waals surface area contributed by atoms with Crippen molar-refractivity contribution in [2.24, 2.45) is 5.92 Å². The molecular formula is C11H21NO2. The summed E-state index contributed by atoms with van der Waals surface area (Å²) in [5.74, 6) is 0.522. The number of piperidine rings is 1. The fourth-order valence-corrected chi connectivity index (χ4v) is 2.58. The number of hydrogen-bond donors (Lipinski definition) is 1. The van der Waals surface area contributed by atoms with Gasteiger partial charge in [0.2, 0.25) is 0 Å². The third kappa shape index (κ3) is 2.27. The summed E-state index contributed by atoms with van der Waals surface area (Å²) in [6, 6.07) is 0.657. The summed E-state index contributed by atoms with van der Waals surface area (Å²) in [7, 11) is 0. The molecule has 0 aromatic carbocycles. The maximum atomic E-state index is 9.49. The SMILES string of the molecule is CC(O)C1CCN(C2CCOC2)CC1. The molecule has 2 heterocycles. The molecule has 0 aliphatic carbocycles. The van der Waals surface area contributed by atoms with Crippen LogP contribution in [-0.4, -0.2) is 48.5 Å². The predicted octanol–water partition coefficient (Wildman–Crippen LogP) is 0.868. The van der Waals surface area contributed by atoms with Crippen LogP contribution < -0.4 is 0 Å². The summed E-state index contributed by atoms with van der Waals surface area (Å²) in [6.45, 7) is 6.05. The van der Waals surface area contributed by atoms with Gasteiger partial charge in [0.1, 0.15) is 0 Å². The lowest BCUT2D eigenvalue weighted by atomic mass is 9.91. The minimum absolute atomic E-state index is 0.128. The van der Waals surface area contributed by atoms with Gasteiger partial charge in [-0.2, -0.15) is 0 Å². The molecule has 0 bridgehead atoms. The summed E-state index contributed by atoms with van der Waals surface area (Å²) in [4.78, 5) is 2.53. The van der Waals surface area contributed by atoms with Crippen LogP contribution >= 0.6 is 0 Å². The Balaban J connectivity index is 1.77. The van der Waals surface area contributed by atoms with E-state index in [0.717, 1.165) is 39.1 Å². The van der Waals surface area contributed by atoms with Crippen molar-refractivity contribution < 1.29 is 9.84 Å². The first-order chi connectivity index (χ1) is 6.77. The van der Waals surface area contributed by atoms with E-state index in [-0.39, 0.29) is 6.10 Å². The first-order valence-electron chi connectivity index (χ1n) is 5.77. The summed E-state index contributed by atoms with van der Waals surface area (Å²) in [5.41, 5.74) is 0. The minimum atomic E-state index is -0.128. The quantitative estimate of drug-likeness (QED) is 0.716. The van der Waals surface area contributed by atoms with Crippen LogP contribution in [0.2, 0.25) is 0 Å². The first kappa shape index (κ1) is 10.4. The molecule has 82 valence electrons. The fourth-order valence-electron chi connectivity index (χ4n) is 2.58. The normalized spacial score (nSPS) is 33.4. The van der Waals surface area contributed by atoms with Gasteiger partial charge >= 0.3 is 0 Å². The molecule has 0 radical (unpaired) electrons. The molecule has 2 saturated heterocycles. The highest BCUT2D eigenvalue weighted by Crippen LogP contribution is 2.24. The van der Waals surface area contributed by atoms with Crippen molar-refractivity contribution in [3.8, 4) is 0 Å². The average molecular weight is 199 g/mol. The van der Waals surface area contributed by atoms with Gasteiger partial charge in [0, 0.05) is 12.6 Å². The lowest BCUT2D eigenvalue weighted by Crippen LogP contribution is -2.43. The second-order valence-electron chi connectivity index (χ2n) is 4.63. The van der Waals surface area contributed by atoms with E-state index in [9.17, 15) is 5.11 Å². The van der Waals surface area contributed by atoms with Crippen LogP contribution in [0.3, 0.4) is 0 Å². The Labute approximate surface area is 86.0 Å². The Hall–Kier alpha value is -0.120. The summed E-state index contributed by atoms with van der Waals surface area (Å²) >= 11 is 0. The maximum absolute atomic E-state index is 9.49. The first-order valence-corrected chi connectivity index (χ1v) is 5.77. The smallest absolute Gasteiger partial charge is 0.0622 e. The molecule has 0 aromatic rings. The van der Waals surface area contributed by atoms with Crippen LogP contribution in [0.25, 0.3) is 0 Å². The summed E-state index contributed by atoms with van der Waals surface area (Å²) in [6.07, 6.45) is 3.36. The van der Waals surface area contributed by atoms with Gasteiger partial charge in [-0.3, -0.25) is 4.90 Å². The van der Waals surface area contributed by atoms with Crippen molar-refractivity contribution >= 4 is 0 Å². The highest BCUT2D eigenvalue weighted by atomic mass is 16.5. The number of likely N-dealkylation sites (tertiary alicyclic amines) is 1. The minimum Gasteiger partial charge on any atom is -0.393 e. The molecule has 3 nitrogen and oxygen atoms in total. The Bertz CT molecular complexity index is 170. The maximum Gasteiger partial charge on any atom is 0.0622 e. The zero-order valence-corrected chi connectivity index (χ0v) is 8.98. The summed E-state index contributed by atoms with van der Waals surface area (Å²) < 4.78 is 5.39. The van der Waals surface area contributed by atoms with E-state index >= 15 is 0 Å². The molecule has 0 saturated carbocycles. The molecule has 0 amide bonds. The van der Waals surface area contributed by atoms with Crippen molar-refractivity contribution in [2.45, 2.75) is 38.3 Å². The highest BCUT2D eigenvalue weighted by Gasteiger charge is 2.28. The lowest BCUT2D eigenvalue weighted by molar-refractivity contribution is 0.0521. The second-order valence-corrected chi connectivity index (χ2v) is 4.63. The molecule has 1 N–H and O–H groups in total. The van der Waals surface area contributed by atoms with Gasteiger partial charge in [0.25, 0.3) is 0 Å². The highest BCUT2D eigenvalue weighted by molar-refractivity contribution is 4.82. The Kier molecular flexibility index (Phi) is 3.42. The van der Waals surface area contributed by atoms with Gasteiger partial charge < -0.3 is 9.84 Å². The largest absolute Gasteiger partial charge is 0.393 e. The number of hydrogen-bond acceptors (Lipinski definition) is 3. The second kappa shape index (κ2) is 4.60. The fraction of sp³-hybridized carbons (Fsp3) is 1.00. The van der Waals surface area contributed by atoms with E-state index in [1.54, 1.807) is 0 Å². The van der Waals surface area contributed by atoms with Crippen molar-refractivity contribution in [2.75, 3.05) is 26.3 Å². The number of nitrogens with zero attached hydrogens (tertiary/aromatic N) is 1. The van der Waals surface area contributed by atoms with Crippen LogP contribution in [0.15, 0.2) is 0 Å². The third-order valence-corrected chi connectivity index (χ3v) is 3.68. The number of rotatable bonds is 2. The average Bonchev–Trinajstić information content (AvgIpc) is 2.71. The van der Waals surface area contributed by atoms with E-state index in [1.165, 1.54) is 6.42 Å². The van der Waals surface area contributed by atoms with Crippen molar-refractivity contribution in [3.63, 3.8) is 0 Å². The van der Waals surface area contributed by atoms with Gasteiger partial charge in [-0.25, -0.2) is 0 Å². The molecule has 3 heteroatoms. The van der Waals surface area contributed by atoms with Gasteiger partial charge in [0.15, 0.2) is 0 Å². The van der Waals surface area contributed by atoms with Crippen LogP contribution in [-0.2, 0) is 4.74 Å². The molecule has 2 aliphatic rings. The number of ether oxygens (including phenoxy) is 1. The van der Waals surface area contributed by atoms with Gasteiger partial charge in [-0.05, 0) is 45.2 Å². The molecular weight excluding hydrogens is 178 g/mol. The van der Waals surface area contributed by atoms with Crippen molar-refractivity contribution in [1.29, 1.82) is 0 Å². The van der Waals surface area contributed by atoms with Crippen LogP contribution in [0.1, 0.15) is 26.2 Å². The predicted molar refractivity (Wildman–Crippen MR) is 55.2 cm³/mol. The van der Waals surface area contributed by atoms with E-state index in [0.29, 0.717) is 12.0 Å². The van der Waals surface area contributed by atoms with Crippen LogP contribution in [0.5, 0.6) is 0 Å². The molecule has 2 fully saturated rings. The number of aliphatic hydroxyl groups excluding tert-OH is 1. The molecule has 0 spiro atoms. The monoisotopic (exact) mass is 199 g/mol. The van der Waals surface area contributed by atoms with Crippen molar-refractivity contribution in [1.82, 2.24) is 4.90 Å². The molecule has 2 rings (SSSR count). The standard InChI is InChI=1S/C11H21NO2/c1-9(13)10-2-5-12(6-3-10)11-4-7-14-8-11/h9-11,13H,2-8H2,1H3. The van der Waals surface area contributed by atoms with Gasteiger partial charge in [-0.1, -0.05) is 0 Å². The molecule has 2 unspecified atom stereocenters. The Morgan fingerprint density at radius 3 is 2.50 bits per heavy atom. The van der Waals surface area contributed by atoms with Crippen molar-refractivity contribution in [3.05, 3.63) is 0 Å². The van der Waals surface area contributed by atoms with E-state index in [2.05, 4.69) is 4.90 Å². The zero-order valence-electron chi connectivity index (χ0n) is 8.98. The summed E-state index contributed by atoms with van der Waals surface area (Å²) in [5, 5.41) is 9.49. The molecule has 2 aliphatic heterocycles. The van der Waals surface area contributed by atoms with Crippen LogP contribution in [0, 0.1) is 5.92 Å². The van der Waals surface area contributed by atoms with Gasteiger partial charge in [-0.15, -0.1) is 0 Å². The molecule has 0 aromatic heterocycles. The zero-order chi connectivity index (χ0) is 9.97. The topological polar surface area (TPSA) is 32.7 Å². The molecule has 2 atom stereocenters. The Morgan fingerprint density at radius 2 is 2.00 bits per heavy atom. The van der Waals surface area contributed by atoms with E-state index < -0.39 is 0 Å². The third-order valence-electron chi connectivity index (χ3n) is 3.68.